The fraction of sp³-hybridized carbons (Fsp3) is 0.254. The molecular weight excluding hydrogens is 1160 g/mol. The van der Waals surface area contributed by atoms with Crippen LogP contribution in [0.15, 0.2) is 135 Å². The molecule has 25 nitrogen and oxygen atoms in total. The summed E-state index contributed by atoms with van der Waals surface area (Å²) in [5, 5.41) is 19.4. The molecule has 0 fully saturated rings. The van der Waals surface area contributed by atoms with Gasteiger partial charge in [-0.25, -0.2) is 24.0 Å². The Kier molecular flexibility index (Phi) is 19.5. The van der Waals surface area contributed by atoms with Crippen molar-refractivity contribution < 1.29 is 44.8 Å². The number of fused-ring (bicyclic) bond motifs is 4. The third-order valence-corrected chi connectivity index (χ3v) is 14.6. The van der Waals surface area contributed by atoms with E-state index in [0.29, 0.717) is 57.0 Å². The minimum Gasteiger partial charge on any atom is -0.495 e. The molecule has 5 N–H and O–H groups in total. The maximum atomic E-state index is 12.5. The molecule has 462 valence electrons. The monoisotopic (exact) mass is 1230 g/mol. The first-order valence-electron chi connectivity index (χ1n) is 26.9. The molecule has 0 aliphatic carbocycles. The quantitative estimate of drug-likeness (QED) is 0.0243. The number of nitrogens with one attached hydrogen (secondary N) is 3. The van der Waals surface area contributed by atoms with Gasteiger partial charge in [0, 0.05) is 113 Å². The Morgan fingerprint density at radius 2 is 1.10 bits per heavy atom. The number of ether oxygens (including phenoxy) is 2. The molecule has 0 aliphatic heterocycles. The fourth-order valence-corrected chi connectivity index (χ4v) is 9.28. The van der Waals surface area contributed by atoms with Gasteiger partial charge in [-0.2, -0.15) is 26.6 Å². The van der Waals surface area contributed by atoms with Crippen LogP contribution in [-0.4, -0.2) is 167 Å². The highest BCUT2D eigenvalue weighted by Crippen LogP contribution is 2.39. The number of aromatic nitrogens is 10. The zero-order valence-corrected chi connectivity index (χ0v) is 50.8. The van der Waals surface area contributed by atoms with Gasteiger partial charge >= 0.3 is 21.6 Å². The summed E-state index contributed by atoms with van der Waals surface area (Å²) in [5.41, 5.74) is 10.2. The van der Waals surface area contributed by atoms with Gasteiger partial charge in [0.1, 0.15) is 22.8 Å². The first-order chi connectivity index (χ1) is 41.8. The minimum atomic E-state index is -5.86. The van der Waals surface area contributed by atoms with Crippen LogP contribution in [0.5, 0.6) is 17.5 Å². The zero-order valence-electron chi connectivity index (χ0n) is 50.0. The predicted octanol–water partition coefficient (Wildman–Crippen LogP) is 8.07. The number of rotatable bonds is 20. The second kappa shape index (κ2) is 27.0. The van der Waals surface area contributed by atoms with Crippen molar-refractivity contribution in [2.75, 3.05) is 114 Å². The van der Waals surface area contributed by atoms with Crippen LogP contribution >= 0.6 is 0 Å². The Balaban J connectivity index is 0.000000182. The number of carbonyl (C=O) groups is 2. The summed E-state index contributed by atoms with van der Waals surface area (Å²) in [6.07, 6.45) is 12.6. The molecule has 10 aromatic rings. The van der Waals surface area contributed by atoms with Crippen LogP contribution in [0.2, 0.25) is 0 Å². The van der Waals surface area contributed by atoms with Gasteiger partial charge in [-0.15, -0.1) is 10.2 Å². The molecule has 2 aromatic carbocycles. The summed E-state index contributed by atoms with van der Waals surface area (Å²) in [6, 6.07) is 21.4. The Morgan fingerprint density at radius 3 is 1.58 bits per heavy atom. The molecule has 0 bridgehead atoms. The maximum absolute atomic E-state index is 12.5. The van der Waals surface area contributed by atoms with Crippen molar-refractivity contribution in [3.63, 3.8) is 0 Å². The van der Waals surface area contributed by atoms with Crippen molar-refractivity contribution in [2.24, 2.45) is 14.1 Å². The van der Waals surface area contributed by atoms with Gasteiger partial charge in [0.15, 0.2) is 0 Å². The number of benzene rings is 2. The van der Waals surface area contributed by atoms with Crippen molar-refractivity contribution in [3.8, 4) is 40.0 Å². The average molecular weight is 1230 g/mol. The van der Waals surface area contributed by atoms with Crippen molar-refractivity contribution in [1.82, 2.24) is 58.1 Å². The van der Waals surface area contributed by atoms with E-state index in [0.717, 1.165) is 82.6 Å². The van der Waals surface area contributed by atoms with Crippen LogP contribution in [0.1, 0.15) is 0 Å². The third-order valence-electron chi connectivity index (χ3n) is 13.6. The number of likely N-dealkylation sites (N-methyl/N-ethyl adjacent to an activating group) is 4. The number of aryl methyl sites for hydroxylation is 2. The van der Waals surface area contributed by atoms with E-state index in [1.54, 1.807) is 44.8 Å². The molecular formula is C59H67F3N18O7S. The number of amides is 2. The van der Waals surface area contributed by atoms with E-state index >= 15 is 0 Å². The van der Waals surface area contributed by atoms with E-state index in [1.807, 2.05) is 142 Å². The van der Waals surface area contributed by atoms with E-state index in [-0.39, 0.29) is 11.8 Å². The molecule has 0 atom stereocenters. The summed E-state index contributed by atoms with van der Waals surface area (Å²) in [7, 11) is 13.1. The van der Waals surface area contributed by atoms with Gasteiger partial charge < -0.3 is 64.1 Å². The molecule has 10 rings (SSSR count). The number of halogens is 3. The van der Waals surface area contributed by atoms with Crippen molar-refractivity contribution in [2.45, 2.75) is 5.51 Å². The molecule has 0 radical (unpaired) electrons. The van der Waals surface area contributed by atoms with E-state index < -0.39 is 21.6 Å². The summed E-state index contributed by atoms with van der Waals surface area (Å²) in [5.74, 6) is 0.947. The van der Waals surface area contributed by atoms with Crippen LogP contribution in [0, 0.1) is 0 Å². The third kappa shape index (κ3) is 14.7. The number of methoxy groups -OCH3 is 2. The van der Waals surface area contributed by atoms with Gasteiger partial charge in [-0.05, 0) is 101 Å². The SMILES string of the molecule is C=CC(=O)Nc1cc(N)c(OC)cc1N(C)CCN(C)C.C=CC(=O)Nc1cc(Nc2ncc3ccc(-c4cnc5c(ccn5C)c4)n3n2)c(OC)cc1N(C)CCN(C)C.Cn1ccc2cc(-c3ccc4cnc(OS(=O)(=O)C(F)(F)F)nn34)cnc21. The van der Waals surface area contributed by atoms with Crippen molar-refractivity contribution in [3.05, 3.63) is 135 Å². The lowest BCUT2D eigenvalue weighted by atomic mass is 10.2. The smallest absolute Gasteiger partial charge is 0.495 e. The molecule has 8 heterocycles. The molecule has 0 unspecified atom stereocenters. The predicted molar refractivity (Wildman–Crippen MR) is 336 cm³/mol. The fourth-order valence-electron chi connectivity index (χ4n) is 8.91. The molecule has 0 saturated carbocycles. The van der Waals surface area contributed by atoms with Gasteiger partial charge in [0.05, 0.1) is 83.2 Å². The number of nitrogens with two attached hydrogens (primary N) is 1. The lowest BCUT2D eigenvalue weighted by Crippen LogP contribution is -2.29. The zero-order chi connectivity index (χ0) is 63.8. The molecule has 0 aliphatic rings. The molecule has 0 saturated heterocycles. The molecule has 8 aromatic heterocycles. The number of hydrogen-bond acceptors (Lipinski definition) is 19. The number of alkyl halides is 3. The van der Waals surface area contributed by atoms with Crippen LogP contribution in [0.4, 0.5) is 53.2 Å². The number of nitrogens with zero attached hydrogens (tertiary/aromatic N) is 14. The largest absolute Gasteiger partial charge is 0.534 e. The number of nitrogen functional groups attached to an aromatic ring is 1. The van der Waals surface area contributed by atoms with Crippen LogP contribution < -0.4 is 45.1 Å². The van der Waals surface area contributed by atoms with E-state index in [2.05, 4.69) is 79.1 Å². The van der Waals surface area contributed by atoms with Crippen molar-refractivity contribution in [1.29, 1.82) is 0 Å². The Morgan fingerprint density at radius 1 is 0.625 bits per heavy atom. The second-order valence-corrected chi connectivity index (χ2v) is 22.0. The summed E-state index contributed by atoms with van der Waals surface area (Å²) >= 11 is 0. The lowest BCUT2D eigenvalue weighted by Gasteiger charge is -2.25. The minimum absolute atomic E-state index is 0.276. The van der Waals surface area contributed by atoms with E-state index in [4.69, 9.17) is 20.3 Å². The standard InChI is InChI=1S/C29H33N9O2.C15H10F3N5O3S.C15H24N4O2/c1-7-27(39)32-22-15-23(26(40-6)16-25(22)36(4)13-12-35(2)3)33-29-31-18-21-8-9-24(38(21)34-29)20-14-19-10-11-37(5)28(19)30-17-20;1-22-5-4-9-6-10(7-19-13(9)22)12-3-2-11-8-20-14(21-23(11)12)26-27(24,25)15(16,17)18;1-6-15(20)17-12-9-11(16)14(21-5)10-13(12)19(4)8-7-18(2)3/h7-11,14-18H,1,12-13H2,2-6H3,(H,32,39)(H,33,34);2-8H,1H3;6,9-10H,1,7-8,16H2,2-5H3,(H,17,20). The highest BCUT2D eigenvalue weighted by molar-refractivity contribution is 7.87. The van der Waals surface area contributed by atoms with Crippen LogP contribution in [0.25, 0.3) is 55.6 Å². The van der Waals surface area contributed by atoms with Crippen LogP contribution in [0.3, 0.4) is 0 Å². The average Bonchev–Trinajstić information content (AvgIpc) is 4.53. The Bertz CT molecular complexity index is 4310. The van der Waals surface area contributed by atoms with Gasteiger partial charge in [-0.3, -0.25) is 9.59 Å². The number of carbonyl (C=O) groups excluding carboxylic acids is 2. The van der Waals surface area contributed by atoms with E-state index in [9.17, 15) is 31.2 Å². The highest BCUT2D eigenvalue weighted by atomic mass is 32.2. The van der Waals surface area contributed by atoms with Gasteiger partial charge in [0.25, 0.3) is 0 Å². The molecule has 88 heavy (non-hydrogen) atoms. The summed E-state index contributed by atoms with van der Waals surface area (Å²) < 4.78 is 81.6. The number of anilines is 7. The second-order valence-electron chi connectivity index (χ2n) is 20.5. The Labute approximate surface area is 505 Å². The summed E-state index contributed by atoms with van der Waals surface area (Å²) in [4.78, 5) is 49.1. The molecule has 2 amide bonds. The molecule has 29 heteroatoms. The Hall–Kier alpha value is -10.3. The maximum Gasteiger partial charge on any atom is 0.534 e. The van der Waals surface area contributed by atoms with Gasteiger partial charge in [0.2, 0.25) is 17.8 Å². The first kappa shape index (κ1) is 63.8. The summed E-state index contributed by atoms with van der Waals surface area (Å²) in [6.45, 7) is 10.3. The topological polar surface area (TPSA) is 267 Å². The highest BCUT2D eigenvalue weighted by Gasteiger charge is 2.49. The van der Waals surface area contributed by atoms with Crippen molar-refractivity contribution >= 4 is 95.1 Å². The lowest BCUT2D eigenvalue weighted by molar-refractivity contribution is -0.112. The molecule has 0 spiro atoms. The van der Waals surface area contributed by atoms with Gasteiger partial charge in [-0.1, -0.05) is 13.2 Å². The normalized spacial score (nSPS) is 11.5. The first-order valence-corrected chi connectivity index (χ1v) is 28.3. The van der Waals surface area contributed by atoms with Crippen LogP contribution in [-0.2, 0) is 33.8 Å². The van der Waals surface area contributed by atoms with E-state index in [1.165, 1.54) is 16.7 Å². The number of hydrogen-bond donors (Lipinski definition) is 4. The number of pyridine rings is 2.